The van der Waals surface area contributed by atoms with Gasteiger partial charge in [0.05, 0.1) is 24.7 Å². The van der Waals surface area contributed by atoms with Crippen molar-refractivity contribution in [2.75, 3.05) is 44.4 Å². The normalized spacial score (nSPS) is 17.8. The molecule has 0 radical (unpaired) electrons. The molecule has 1 fully saturated rings. The van der Waals surface area contributed by atoms with Gasteiger partial charge < -0.3 is 9.84 Å². The van der Waals surface area contributed by atoms with Crippen LogP contribution in [0.2, 0.25) is 0 Å². The minimum Gasteiger partial charge on any atom is -0.481 e. The monoisotopic (exact) mass is 279 g/mol. The van der Waals surface area contributed by atoms with Crippen molar-refractivity contribution in [3.63, 3.8) is 0 Å². The molecule has 1 aliphatic heterocycles. The molecule has 1 saturated heterocycles. The number of sulfone groups is 1. The number of hydrogen-bond acceptors (Lipinski definition) is 5. The SMILES string of the molecule is O=C(O)CCCCS(=O)(=O)CCN1CCOCC1. The topological polar surface area (TPSA) is 83.9 Å². The van der Waals surface area contributed by atoms with E-state index in [2.05, 4.69) is 4.90 Å². The molecule has 106 valence electrons. The summed E-state index contributed by atoms with van der Waals surface area (Å²) in [6.07, 6.45) is 0.892. The van der Waals surface area contributed by atoms with E-state index < -0.39 is 15.8 Å². The number of carboxylic acid groups (broad SMARTS) is 1. The molecule has 1 heterocycles. The van der Waals surface area contributed by atoms with E-state index in [9.17, 15) is 13.2 Å². The van der Waals surface area contributed by atoms with Crippen molar-refractivity contribution in [1.29, 1.82) is 0 Å². The molecule has 0 aromatic rings. The van der Waals surface area contributed by atoms with Crippen molar-refractivity contribution in [2.24, 2.45) is 0 Å². The first-order valence-electron chi connectivity index (χ1n) is 6.22. The summed E-state index contributed by atoms with van der Waals surface area (Å²) in [5.74, 6) is -0.634. The number of morpholine rings is 1. The van der Waals surface area contributed by atoms with Gasteiger partial charge in [-0.15, -0.1) is 0 Å². The van der Waals surface area contributed by atoms with Crippen LogP contribution < -0.4 is 0 Å². The van der Waals surface area contributed by atoms with Gasteiger partial charge in [0.25, 0.3) is 0 Å². The van der Waals surface area contributed by atoms with Gasteiger partial charge in [0, 0.05) is 26.1 Å². The van der Waals surface area contributed by atoms with E-state index in [1.807, 2.05) is 0 Å². The van der Waals surface area contributed by atoms with Crippen LogP contribution in [0.4, 0.5) is 0 Å². The average molecular weight is 279 g/mol. The first-order valence-corrected chi connectivity index (χ1v) is 8.04. The predicted octanol–water partition coefficient (Wildman–Crippen LogP) is -0.0117. The lowest BCUT2D eigenvalue weighted by Gasteiger charge is -2.26. The van der Waals surface area contributed by atoms with Gasteiger partial charge in [0.2, 0.25) is 0 Å². The quantitative estimate of drug-likeness (QED) is 0.629. The second-order valence-corrected chi connectivity index (χ2v) is 6.76. The van der Waals surface area contributed by atoms with Crippen molar-refractivity contribution in [3.8, 4) is 0 Å². The van der Waals surface area contributed by atoms with E-state index in [1.165, 1.54) is 0 Å². The third-order valence-corrected chi connectivity index (χ3v) is 4.63. The first kappa shape index (κ1) is 15.4. The zero-order chi connectivity index (χ0) is 13.4. The Bertz CT molecular complexity index is 348. The summed E-state index contributed by atoms with van der Waals surface area (Å²) < 4.78 is 28.6. The lowest BCUT2D eigenvalue weighted by atomic mass is 10.3. The molecule has 18 heavy (non-hydrogen) atoms. The highest BCUT2D eigenvalue weighted by molar-refractivity contribution is 7.91. The molecule has 0 unspecified atom stereocenters. The van der Waals surface area contributed by atoms with E-state index in [0.29, 0.717) is 32.6 Å². The summed E-state index contributed by atoms with van der Waals surface area (Å²) in [6.45, 7) is 3.45. The van der Waals surface area contributed by atoms with Crippen molar-refractivity contribution >= 4 is 15.8 Å². The van der Waals surface area contributed by atoms with Gasteiger partial charge in [-0.25, -0.2) is 8.42 Å². The van der Waals surface area contributed by atoms with Gasteiger partial charge in [0.1, 0.15) is 0 Å². The molecular weight excluding hydrogens is 258 g/mol. The molecule has 0 spiro atoms. The smallest absolute Gasteiger partial charge is 0.303 e. The summed E-state index contributed by atoms with van der Waals surface area (Å²) in [4.78, 5) is 12.4. The summed E-state index contributed by atoms with van der Waals surface area (Å²) in [6, 6.07) is 0. The van der Waals surface area contributed by atoms with Crippen LogP contribution >= 0.6 is 0 Å². The van der Waals surface area contributed by atoms with E-state index in [4.69, 9.17) is 9.84 Å². The Balaban J connectivity index is 2.16. The van der Waals surface area contributed by atoms with Gasteiger partial charge in [-0.1, -0.05) is 0 Å². The Labute approximate surface area is 108 Å². The van der Waals surface area contributed by atoms with Crippen LogP contribution in [0.15, 0.2) is 0 Å². The number of aliphatic carboxylic acids is 1. The maximum atomic E-state index is 11.7. The standard InChI is InChI=1S/C11H21NO5S/c13-11(14)3-1-2-9-18(15,16)10-6-12-4-7-17-8-5-12/h1-10H2,(H,13,14). The molecule has 0 bridgehead atoms. The molecular formula is C11H21NO5S. The lowest BCUT2D eigenvalue weighted by molar-refractivity contribution is -0.137. The molecule has 0 amide bonds. The minimum atomic E-state index is -3.05. The number of carboxylic acids is 1. The second kappa shape index (κ2) is 7.70. The Kier molecular flexibility index (Phi) is 6.59. The van der Waals surface area contributed by atoms with Crippen LogP contribution in [-0.2, 0) is 19.4 Å². The molecule has 6 nitrogen and oxygen atoms in total. The number of nitrogens with zero attached hydrogens (tertiary/aromatic N) is 1. The highest BCUT2D eigenvalue weighted by Gasteiger charge is 2.15. The van der Waals surface area contributed by atoms with Gasteiger partial charge in [-0.05, 0) is 12.8 Å². The molecule has 0 atom stereocenters. The molecule has 1 rings (SSSR count). The minimum absolute atomic E-state index is 0.0407. The Morgan fingerprint density at radius 3 is 2.44 bits per heavy atom. The van der Waals surface area contributed by atoms with Crippen molar-refractivity contribution in [3.05, 3.63) is 0 Å². The van der Waals surface area contributed by atoms with Crippen LogP contribution in [-0.4, -0.2) is 68.7 Å². The van der Waals surface area contributed by atoms with E-state index >= 15 is 0 Å². The fourth-order valence-electron chi connectivity index (χ4n) is 1.79. The summed E-state index contributed by atoms with van der Waals surface area (Å²) >= 11 is 0. The van der Waals surface area contributed by atoms with E-state index in [0.717, 1.165) is 13.1 Å². The zero-order valence-electron chi connectivity index (χ0n) is 10.5. The largest absolute Gasteiger partial charge is 0.481 e. The van der Waals surface area contributed by atoms with Gasteiger partial charge in [0.15, 0.2) is 9.84 Å². The summed E-state index contributed by atoms with van der Waals surface area (Å²) in [7, 11) is -3.05. The lowest BCUT2D eigenvalue weighted by Crippen LogP contribution is -2.39. The molecule has 0 saturated carbocycles. The summed E-state index contributed by atoms with van der Waals surface area (Å²) in [5, 5.41) is 8.45. The van der Waals surface area contributed by atoms with Crippen LogP contribution in [0.5, 0.6) is 0 Å². The number of rotatable bonds is 8. The van der Waals surface area contributed by atoms with Gasteiger partial charge in [-0.2, -0.15) is 0 Å². The Morgan fingerprint density at radius 2 is 1.83 bits per heavy atom. The van der Waals surface area contributed by atoms with E-state index in [1.54, 1.807) is 0 Å². The van der Waals surface area contributed by atoms with Gasteiger partial charge in [-0.3, -0.25) is 9.69 Å². The van der Waals surface area contributed by atoms with Crippen LogP contribution in [0.1, 0.15) is 19.3 Å². The Hall–Kier alpha value is -0.660. The highest BCUT2D eigenvalue weighted by atomic mass is 32.2. The second-order valence-electron chi connectivity index (χ2n) is 4.46. The van der Waals surface area contributed by atoms with Crippen LogP contribution in [0, 0.1) is 0 Å². The van der Waals surface area contributed by atoms with Crippen molar-refractivity contribution in [1.82, 2.24) is 4.90 Å². The fourth-order valence-corrected chi connectivity index (χ4v) is 3.18. The van der Waals surface area contributed by atoms with Crippen molar-refractivity contribution in [2.45, 2.75) is 19.3 Å². The fraction of sp³-hybridized carbons (Fsp3) is 0.909. The molecule has 0 aromatic heterocycles. The van der Waals surface area contributed by atoms with Crippen LogP contribution in [0.25, 0.3) is 0 Å². The number of hydrogen-bond donors (Lipinski definition) is 1. The molecule has 0 aliphatic carbocycles. The molecule has 1 aliphatic rings. The average Bonchev–Trinajstić information content (AvgIpc) is 2.34. The number of unbranched alkanes of at least 4 members (excludes halogenated alkanes) is 1. The van der Waals surface area contributed by atoms with Crippen LogP contribution in [0.3, 0.4) is 0 Å². The number of carbonyl (C=O) groups is 1. The maximum absolute atomic E-state index is 11.7. The van der Waals surface area contributed by atoms with Gasteiger partial charge >= 0.3 is 5.97 Å². The third-order valence-electron chi connectivity index (χ3n) is 2.92. The zero-order valence-corrected chi connectivity index (χ0v) is 11.3. The highest BCUT2D eigenvalue weighted by Crippen LogP contribution is 2.03. The third kappa shape index (κ3) is 6.93. The number of ether oxygens (including phenoxy) is 1. The maximum Gasteiger partial charge on any atom is 0.303 e. The summed E-state index contributed by atoms with van der Waals surface area (Å²) in [5.41, 5.74) is 0. The predicted molar refractivity (Wildman–Crippen MR) is 67.4 cm³/mol. The molecule has 7 heteroatoms. The molecule has 1 N–H and O–H groups in total. The first-order chi connectivity index (χ1) is 8.49. The Morgan fingerprint density at radius 1 is 1.17 bits per heavy atom. The van der Waals surface area contributed by atoms with Crippen molar-refractivity contribution < 1.29 is 23.1 Å². The van der Waals surface area contributed by atoms with E-state index in [-0.39, 0.29) is 17.9 Å². The molecule has 0 aromatic carbocycles.